The van der Waals surface area contributed by atoms with Gasteiger partial charge in [-0.15, -0.1) is 5.73 Å². The molecule has 0 amide bonds. The smallest absolute Gasteiger partial charge is 0.115 e. The van der Waals surface area contributed by atoms with Gasteiger partial charge in [-0.25, -0.2) is 9.97 Å². The Morgan fingerprint density at radius 2 is 1.79 bits per heavy atom. The van der Waals surface area contributed by atoms with Crippen LogP contribution in [0.5, 0.6) is 0 Å². The molecule has 0 saturated heterocycles. The first kappa shape index (κ1) is 11.3. The topological polar surface area (TPSA) is 38.1 Å². The molecule has 1 aliphatic rings. The van der Waals surface area contributed by atoms with Gasteiger partial charge in [-0.05, 0) is 29.3 Å². The Hall–Kier alpha value is -2.77. The fourth-order valence-corrected chi connectivity index (χ4v) is 1.88. The van der Waals surface area contributed by atoms with Gasteiger partial charge in [-0.3, -0.25) is 4.99 Å². The molecule has 0 atom stereocenters. The predicted octanol–water partition coefficient (Wildman–Crippen LogP) is 3.28. The van der Waals surface area contributed by atoms with Crippen LogP contribution in [0.25, 0.3) is 16.7 Å². The van der Waals surface area contributed by atoms with E-state index in [1.807, 2.05) is 42.9 Å². The summed E-state index contributed by atoms with van der Waals surface area (Å²) in [5.41, 5.74) is 7.21. The van der Waals surface area contributed by atoms with Crippen molar-refractivity contribution in [1.82, 2.24) is 9.97 Å². The number of hydrogen-bond acceptors (Lipinski definition) is 3. The summed E-state index contributed by atoms with van der Waals surface area (Å²) < 4.78 is 0. The van der Waals surface area contributed by atoms with Crippen LogP contribution in [0.3, 0.4) is 0 Å². The number of allylic oxidation sites excluding steroid dienone is 3. The van der Waals surface area contributed by atoms with Gasteiger partial charge in [-0.1, -0.05) is 18.2 Å². The third-order valence-electron chi connectivity index (χ3n) is 2.81. The highest BCUT2D eigenvalue weighted by Gasteiger charge is 2.02. The van der Waals surface area contributed by atoms with Crippen molar-refractivity contribution >= 4 is 11.8 Å². The first-order chi connectivity index (χ1) is 9.43. The van der Waals surface area contributed by atoms with E-state index >= 15 is 0 Å². The van der Waals surface area contributed by atoms with E-state index in [2.05, 4.69) is 32.8 Å². The Morgan fingerprint density at radius 3 is 2.68 bits per heavy atom. The van der Waals surface area contributed by atoms with Crippen LogP contribution in [0.4, 0.5) is 0 Å². The Morgan fingerprint density at radius 1 is 0.947 bits per heavy atom. The van der Waals surface area contributed by atoms with Gasteiger partial charge in [0.1, 0.15) is 6.33 Å². The average molecular weight is 245 g/mol. The molecule has 1 aromatic heterocycles. The molecule has 3 heteroatoms. The zero-order valence-electron chi connectivity index (χ0n) is 10.2. The zero-order chi connectivity index (χ0) is 12.9. The van der Waals surface area contributed by atoms with E-state index in [4.69, 9.17) is 0 Å². The Balaban J connectivity index is 2.02. The number of benzene rings is 1. The molecule has 90 valence electrons. The molecule has 0 radical (unpaired) electrons. The first-order valence-corrected chi connectivity index (χ1v) is 5.94. The van der Waals surface area contributed by atoms with Crippen LogP contribution in [-0.4, -0.2) is 16.2 Å². The lowest BCUT2D eigenvalue weighted by molar-refractivity contribution is 1.17. The number of aromatic nitrogens is 2. The van der Waals surface area contributed by atoms with Crippen molar-refractivity contribution in [3.05, 3.63) is 72.6 Å². The second-order valence-electron chi connectivity index (χ2n) is 4.07. The summed E-state index contributed by atoms with van der Waals surface area (Å²) in [5.74, 6) is 0. The lowest BCUT2D eigenvalue weighted by Gasteiger charge is -2.05. The molecular weight excluding hydrogens is 234 g/mol. The molecule has 0 aliphatic carbocycles. The third-order valence-corrected chi connectivity index (χ3v) is 2.81. The SMILES string of the molecule is C1=CC=C(c2cccc(-c3cncnc3)c2)C=NC=1. The summed E-state index contributed by atoms with van der Waals surface area (Å²) in [6, 6.07) is 8.24. The predicted molar refractivity (Wildman–Crippen MR) is 76.6 cm³/mol. The van der Waals surface area contributed by atoms with E-state index in [0.29, 0.717) is 0 Å². The van der Waals surface area contributed by atoms with Crippen LogP contribution < -0.4 is 0 Å². The Kier molecular flexibility index (Phi) is 3.13. The minimum absolute atomic E-state index is 1.00. The highest BCUT2D eigenvalue weighted by Crippen LogP contribution is 2.22. The fourth-order valence-electron chi connectivity index (χ4n) is 1.88. The van der Waals surface area contributed by atoms with Crippen molar-refractivity contribution < 1.29 is 0 Å². The van der Waals surface area contributed by atoms with Crippen molar-refractivity contribution in [2.75, 3.05) is 0 Å². The maximum atomic E-state index is 4.15. The van der Waals surface area contributed by atoms with Gasteiger partial charge in [-0.2, -0.15) is 0 Å². The van der Waals surface area contributed by atoms with Crippen molar-refractivity contribution in [3.63, 3.8) is 0 Å². The summed E-state index contributed by atoms with van der Waals surface area (Å²) >= 11 is 0. The highest BCUT2D eigenvalue weighted by atomic mass is 14.8. The van der Waals surface area contributed by atoms with Gasteiger partial charge in [0.05, 0.1) is 6.20 Å². The van der Waals surface area contributed by atoms with E-state index < -0.39 is 0 Å². The van der Waals surface area contributed by atoms with Gasteiger partial charge in [0, 0.05) is 29.7 Å². The van der Waals surface area contributed by atoms with E-state index in [9.17, 15) is 0 Å². The number of aliphatic imine (C=N–C) groups is 1. The molecule has 1 aliphatic heterocycles. The highest BCUT2D eigenvalue weighted by molar-refractivity contribution is 6.10. The maximum absolute atomic E-state index is 4.15. The van der Waals surface area contributed by atoms with Gasteiger partial charge < -0.3 is 0 Å². The molecule has 0 unspecified atom stereocenters. The largest absolute Gasteiger partial charge is 0.256 e. The molecule has 1 aromatic carbocycles. The van der Waals surface area contributed by atoms with Crippen LogP contribution in [0.15, 0.2) is 72.1 Å². The molecule has 19 heavy (non-hydrogen) atoms. The molecule has 0 N–H and O–H groups in total. The van der Waals surface area contributed by atoms with Crippen molar-refractivity contribution in [2.45, 2.75) is 0 Å². The second-order valence-corrected chi connectivity index (χ2v) is 4.07. The number of rotatable bonds is 2. The maximum Gasteiger partial charge on any atom is 0.115 e. The molecule has 0 spiro atoms. The molecule has 0 saturated carbocycles. The summed E-state index contributed by atoms with van der Waals surface area (Å²) in [6.07, 6.45) is 12.5. The molecule has 2 heterocycles. The zero-order valence-corrected chi connectivity index (χ0v) is 10.2. The van der Waals surface area contributed by atoms with Crippen molar-refractivity contribution in [1.29, 1.82) is 0 Å². The summed E-state index contributed by atoms with van der Waals surface area (Å²) in [6.45, 7) is 0. The average Bonchev–Trinajstić information content (AvgIpc) is 2.77. The van der Waals surface area contributed by atoms with Gasteiger partial charge in [0.15, 0.2) is 0 Å². The van der Waals surface area contributed by atoms with E-state index in [-0.39, 0.29) is 0 Å². The van der Waals surface area contributed by atoms with Crippen molar-refractivity contribution in [2.24, 2.45) is 4.99 Å². The Bertz CT molecular complexity index is 706. The molecule has 3 rings (SSSR count). The van der Waals surface area contributed by atoms with Crippen molar-refractivity contribution in [3.8, 4) is 11.1 Å². The monoisotopic (exact) mass is 245 g/mol. The van der Waals surface area contributed by atoms with Crippen LogP contribution >= 0.6 is 0 Å². The molecule has 3 nitrogen and oxygen atoms in total. The summed E-state index contributed by atoms with van der Waals surface area (Å²) in [7, 11) is 0. The molecule has 0 fully saturated rings. The lowest BCUT2D eigenvalue weighted by atomic mass is 10.0. The van der Waals surface area contributed by atoms with Crippen LogP contribution in [0.2, 0.25) is 0 Å². The molecule has 2 aromatic rings. The van der Waals surface area contributed by atoms with Crippen LogP contribution in [-0.2, 0) is 0 Å². The standard InChI is InChI=1S/C16H11N3/c1-2-7-17-9-15(4-1)13-5-3-6-14(8-13)16-10-18-12-19-11-16/h1,3-12H. The minimum atomic E-state index is 1.00. The second kappa shape index (κ2) is 5.25. The normalized spacial score (nSPS) is 13.2. The van der Waals surface area contributed by atoms with E-state index in [1.165, 1.54) is 6.33 Å². The summed E-state index contributed by atoms with van der Waals surface area (Å²) in [4.78, 5) is 12.2. The van der Waals surface area contributed by atoms with Gasteiger partial charge >= 0.3 is 0 Å². The third kappa shape index (κ3) is 2.57. The van der Waals surface area contributed by atoms with E-state index in [0.717, 1.165) is 22.3 Å². The molecule has 0 bridgehead atoms. The van der Waals surface area contributed by atoms with Crippen LogP contribution in [0, 0.1) is 0 Å². The first-order valence-electron chi connectivity index (χ1n) is 5.94. The quantitative estimate of drug-likeness (QED) is 0.761. The Labute approximate surface area is 111 Å². The number of nitrogens with zero attached hydrogens (tertiary/aromatic N) is 3. The minimum Gasteiger partial charge on any atom is -0.256 e. The van der Waals surface area contributed by atoms with E-state index in [1.54, 1.807) is 6.20 Å². The lowest BCUT2D eigenvalue weighted by Crippen LogP contribution is -1.88. The number of hydrogen-bond donors (Lipinski definition) is 0. The summed E-state index contributed by atoms with van der Waals surface area (Å²) in [5, 5.41) is 0. The fraction of sp³-hybridized carbons (Fsp3) is 0. The molecular formula is C16H11N3. The van der Waals surface area contributed by atoms with Gasteiger partial charge in [0.2, 0.25) is 0 Å². The van der Waals surface area contributed by atoms with Gasteiger partial charge in [0.25, 0.3) is 0 Å². The van der Waals surface area contributed by atoms with Crippen LogP contribution in [0.1, 0.15) is 5.56 Å².